The molecular formula is C24H24N2O4. The molecule has 3 aromatic rings. The van der Waals surface area contributed by atoms with Gasteiger partial charge >= 0.3 is 0 Å². The van der Waals surface area contributed by atoms with E-state index in [9.17, 15) is 9.59 Å². The Morgan fingerprint density at radius 3 is 1.23 bits per heavy atom. The van der Waals surface area contributed by atoms with Gasteiger partial charge in [-0.3, -0.25) is 9.59 Å². The van der Waals surface area contributed by atoms with Gasteiger partial charge in [0, 0.05) is 25.2 Å². The van der Waals surface area contributed by atoms with E-state index in [2.05, 4.69) is 10.6 Å². The van der Waals surface area contributed by atoms with Gasteiger partial charge in [-0.25, -0.2) is 0 Å². The Kier molecular flexibility index (Phi) is 7.05. The van der Waals surface area contributed by atoms with Crippen LogP contribution in [0.25, 0.3) is 0 Å². The normalized spacial score (nSPS) is 10.2. The van der Waals surface area contributed by atoms with E-state index < -0.39 is 0 Å². The molecule has 0 bridgehead atoms. The summed E-state index contributed by atoms with van der Waals surface area (Å²) in [6, 6.07) is 22.5. The molecule has 0 fully saturated rings. The maximum atomic E-state index is 11.0. The topological polar surface area (TPSA) is 76.7 Å². The van der Waals surface area contributed by atoms with E-state index in [1.165, 1.54) is 13.8 Å². The molecule has 0 aliphatic carbocycles. The number of benzene rings is 3. The lowest BCUT2D eigenvalue weighted by Gasteiger charge is -2.10. The first-order valence-electron chi connectivity index (χ1n) is 9.57. The van der Waals surface area contributed by atoms with Crippen molar-refractivity contribution in [1.29, 1.82) is 0 Å². The zero-order chi connectivity index (χ0) is 21.3. The van der Waals surface area contributed by atoms with Crippen LogP contribution in [0.1, 0.15) is 25.0 Å². The third-order valence-electron chi connectivity index (χ3n) is 4.18. The molecule has 2 amide bonds. The van der Waals surface area contributed by atoms with Crippen LogP contribution in [0.3, 0.4) is 0 Å². The van der Waals surface area contributed by atoms with Crippen LogP contribution in [0.4, 0.5) is 11.4 Å². The molecule has 2 N–H and O–H groups in total. The van der Waals surface area contributed by atoms with Gasteiger partial charge < -0.3 is 20.1 Å². The third kappa shape index (κ3) is 6.67. The van der Waals surface area contributed by atoms with Crippen molar-refractivity contribution in [2.75, 3.05) is 10.6 Å². The van der Waals surface area contributed by atoms with E-state index in [0.717, 1.165) is 34.0 Å². The van der Waals surface area contributed by atoms with Gasteiger partial charge in [0.2, 0.25) is 11.8 Å². The maximum absolute atomic E-state index is 11.0. The number of nitrogens with one attached hydrogen (secondary N) is 2. The molecule has 0 aromatic heterocycles. The van der Waals surface area contributed by atoms with Crippen LogP contribution >= 0.6 is 0 Å². The summed E-state index contributed by atoms with van der Waals surface area (Å²) < 4.78 is 11.6. The highest BCUT2D eigenvalue weighted by atomic mass is 16.5. The van der Waals surface area contributed by atoms with Gasteiger partial charge in [-0.05, 0) is 59.7 Å². The number of carbonyl (C=O) groups is 2. The monoisotopic (exact) mass is 404 g/mol. The molecule has 0 radical (unpaired) electrons. The standard InChI is InChI=1S/C24H24N2O4/c1-17(27)25-21-7-11-23(12-8-21)29-15-19-3-5-20(6-4-19)16-30-24-13-9-22(10-14-24)26-18(2)28/h3-14H,15-16H2,1-2H3,(H,25,27)(H,26,28). The molecule has 6 heteroatoms. The van der Waals surface area contributed by atoms with Crippen LogP contribution in [0.5, 0.6) is 11.5 Å². The second-order valence-electron chi connectivity index (χ2n) is 6.80. The molecule has 0 aliphatic heterocycles. The van der Waals surface area contributed by atoms with Crippen LogP contribution in [0, 0.1) is 0 Å². The van der Waals surface area contributed by atoms with Crippen LogP contribution in [0.15, 0.2) is 72.8 Å². The molecule has 0 unspecified atom stereocenters. The molecule has 6 nitrogen and oxygen atoms in total. The average Bonchev–Trinajstić information content (AvgIpc) is 2.73. The van der Waals surface area contributed by atoms with Gasteiger partial charge in [0.05, 0.1) is 0 Å². The summed E-state index contributed by atoms with van der Waals surface area (Å²) in [7, 11) is 0. The van der Waals surface area contributed by atoms with Crippen molar-refractivity contribution in [2.24, 2.45) is 0 Å². The molecule has 3 rings (SSSR count). The predicted octanol–water partition coefficient (Wildman–Crippen LogP) is 4.76. The van der Waals surface area contributed by atoms with Crippen molar-refractivity contribution in [2.45, 2.75) is 27.1 Å². The molecule has 0 saturated carbocycles. The lowest BCUT2D eigenvalue weighted by molar-refractivity contribution is -0.115. The number of hydrogen-bond donors (Lipinski definition) is 2. The Bertz CT molecular complexity index is 899. The molecule has 0 heterocycles. The highest BCUT2D eigenvalue weighted by molar-refractivity contribution is 5.89. The van der Waals surface area contributed by atoms with Gasteiger partial charge in [0.25, 0.3) is 0 Å². The minimum absolute atomic E-state index is 0.102. The zero-order valence-electron chi connectivity index (χ0n) is 17.0. The number of ether oxygens (including phenoxy) is 2. The number of carbonyl (C=O) groups excluding carboxylic acids is 2. The van der Waals surface area contributed by atoms with E-state index in [0.29, 0.717) is 13.2 Å². The summed E-state index contributed by atoms with van der Waals surface area (Å²) in [5.74, 6) is 1.27. The zero-order valence-corrected chi connectivity index (χ0v) is 17.0. The fraction of sp³-hybridized carbons (Fsp3) is 0.167. The summed E-state index contributed by atoms with van der Waals surface area (Å²) in [5, 5.41) is 5.45. The first-order valence-corrected chi connectivity index (χ1v) is 9.57. The molecule has 0 atom stereocenters. The number of rotatable bonds is 8. The van der Waals surface area contributed by atoms with E-state index in [4.69, 9.17) is 9.47 Å². The molecule has 30 heavy (non-hydrogen) atoms. The number of amides is 2. The Labute approximate surface area is 175 Å². The van der Waals surface area contributed by atoms with Crippen molar-refractivity contribution in [3.63, 3.8) is 0 Å². The molecule has 0 saturated heterocycles. The molecule has 0 aliphatic rings. The van der Waals surface area contributed by atoms with Gasteiger partial charge in [-0.2, -0.15) is 0 Å². The predicted molar refractivity (Wildman–Crippen MR) is 117 cm³/mol. The largest absolute Gasteiger partial charge is 0.489 e. The Balaban J connectivity index is 1.46. The molecule has 0 spiro atoms. The van der Waals surface area contributed by atoms with E-state index in [-0.39, 0.29) is 11.8 Å². The Hall–Kier alpha value is -3.80. The molecular weight excluding hydrogens is 380 g/mol. The SMILES string of the molecule is CC(=O)Nc1ccc(OCc2ccc(COc3ccc(NC(C)=O)cc3)cc2)cc1. The lowest BCUT2D eigenvalue weighted by Crippen LogP contribution is -2.05. The van der Waals surface area contributed by atoms with Crippen LogP contribution < -0.4 is 20.1 Å². The van der Waals surface area contributed by atoms with Crippen LogP contribution in [-0.2, 0) is 22.8 Å². The maximum Gasteiger partial charge on any atom is 0.221 e. The highest BCUT2D eigenvalue weighted by Crippen LogP contribution is 2.19. The fourth-order valence-electron chi connectivity index (χ4n) is 2.74. The van der Waals surface area contributed by atoms with Gasteiger partial charge in [0.1, 0.15) is 24.7 Å². The summed E-state index contributed by atoms with van der Waals surface area (Å²) in [6.07, 6.45) is 0. The average molecular weight is 404 g/mol. The molecule has 154 valence electrons. The second-order valence-corrected chi connectivity index (χ2v) is 6.80. The van der Waals surface area contributed by atoms with Crippen molar-refractivity contribution in [3.8, 4) is 11.5 Å². The van der Waals surface area contributed by atoms with E-state index in [1.54, 1.807) is 24.3 Å². The van der Waals surface area contributed by atoms with E-state index >= 15 is 0 Å². The van der Waals surface area contributed by atoms with Crippen molar-refractivity contribution >= 4 is 23.2 Å². The smallest absolute Gasteiger partial charge is 0.221 e. The minimum Gasteiger partial charge on any atom is -0.489 e. The summed E-state index contributed by atoms with van der Waals surface area (Å²) in [6.45, 7) is 3.85. The van der Waals surface area contributed by atoms with Gasteiger partial charge in [-0.15, -0.1) is 0 Å². The fourth-order valence-corrected chi connectivity index (χ4v) is 2.74. The summed E-state index contributed by atoms with van der Waals surface area (Å²) >= 11 is 0. The van der Waals surface area contributed by atoms with Crippen LogP contribution in [0.2, 0.25) is 0 Å². The van der Waals surface area contributed by atoms with Crippen LogP contribution in [-0.4, -0.2) is 11.8 Å². The Morgan fingerprint density at radius 2 is 0.933 bits per heavy atom. The lowest BCUT2D eigenvalue weighted by atomic mass is 10.1. The summed E-state index contributed by atoms with van der Waals surface area (Å²) in [5.41, 5.74) is 3.57. The first-order chi connectivity index (χ1) is 14.5. The van der Waals surface area contributed by atoms with Gasteiger partial charge in [-0.1, -0.05) is 24.3 Å². The van der Waals surface area contributed by atoms with Gasteiger partial charge in [0.15, 0.2) is 0 Å². The highest BCUT2D eigenvalue weighted by Gasteiger charge is 2.01. The Morgan fingerprint density at radius 1 is 0.600 bits per heavy atom. The first kappa shape index (κ1) is 20.9. The number of anilines is 2. The second kappa shape index (κ2) is 10.1. The van der Waals surface area contributed by atoms with Crippen molar-refractivity contribution in [3.05, 3.63) is 83.9 Å². The third-order valence-corrected chi connectivity index (χ3v) is 4.18. The molecule has 3 aromatic carbocycles. The quantitative estimate of drug-likeness (QED) is 0.567. The number of hydrogen-bond acceptors (Lipinski definition) is 4. The summed E-state index contributed by atoms with van der Waals surface area (Å²) in [4.78, 5) is 22.1. The van der Waals surface area contributed by atoms with E-state index in [1.807, 2.05) is 48.5 Å². The van der Waals surface area contributed by atoms with Crippen molar-refractivity contribution in [1.82, 2.24) is 0 Å². The van der Waals surface area contributed by atoms with Crippen molar-refractivity contribution < 1.29 is 19.1 Å². The minimum atomic E-state index is -0.102.